The lowest BCUT2D eigenvalue weighted by Gasteiger charge is -2.39. The minimum atomic E-state index is -0.161. The van der Waals surface area contributed by atoms with Crippen molar-refractivity contribution in [1.29, 1.82) is 0 Å². The smallest absolute Gasteiger partial charge is 0.273 e. The van der Waals surface area contributed by atoms with Gasteiger partial charge in [-0.2, -0.15) is 0 Å². The summed E-state index contributed by atoms with van der Waals surface area (Å²) in [5.41, 5.74) is 0.583. The average Bonchev–Trinajstić information content (AvgIpc) is 2.73. The van der Waals surface area contributed by atoms with Gasteiger partial charge in [-0.25, -0.2) is 0 Å². The molecule has 0 aromatic carbocycles. The highest BCUT2D eigenvalue weighted by molar-refractivity contribution is 5.91. The summed E-state index contributed by atoms with van der Waals surface area (Å²) >= 11 is 0. The predicted molar refractivity (Wildman–Crippen MR) is 68.1 cm³/mol. The number of nitrogens with zero attached hydrogens (tertiary/aromatic N) is 3. The van der Waals surface area contributed by atoms with Crippen molar-refractivity contribution in [1.82, 2.24) is 25.6 Å². The van der Waals surface area contributed by atoms with Crippen LogP contribution in [0.2, 0.25) is 0 Å². The maximum absolute atomic E-state index is 11.9. The molecule has 0 aliphatic carbocycles. The van der Waals surface area contributed by atoms with Crippen LogP contribution in [-0.4, -0.2) is 40.0 Å². The zero-order chi connectivity index (χ0) is 13.2. The standard InChI is InChI=1S/C12H21N5O/c1-12(2)5-4-6-13-10(12)7-14-11(18)9-8-17(3)16-15-9/h8,10,13H,4-7H2,1-3H3,(H,14,18). The van der Waals surface area contributed by atoms with E-state index in [0.717, 1.165) is 6.54 Å². The lowest BCUT2D eigenvalue weighted by molar-refractivity contribution is 0.0924. The Balaban J connectivity index is 1.89. The first-order valence-electron chi connectivity index (χ1n) is 6.37. The molecule has 2 rings (SSSR count). The molecule has 18 heavy (non-hydrogen) atoms. The molecule has 2 N–H and O–H groups in total. The highest BCUT2D eigenvalue weighted by Crippen LogP contribution is 2.29. The molecule has 1 saturated heterocycles. The number of carbonyl (C=O) groups is 1. The van der Waals surface area contributed by atoms with Crippen molar-refractivity contribution < 1.29 is 4.79 Å². The summed E-state index contributed by atoms with van der Waals surface area (Å²) in [5, 5.41) is 13.9. The molecule has 0 radical (unpaired) electrons. The third-order valence-electron chi connectivity index (χ3n) is 3.63. The second kappa shape index (κ2) is 5.06. The van der Waals surface area contributed by atoms with E-state index in [1.54, 1.807) is 13.2 Å². The molecular weight excluding hydrogens is 230 g/mol. The number of nitrogens with one attached hydrogen (secondary N) is 2. The Kier molecular flexibility index (Phi) is 3.65. The normalized spacial score (nSPS) is 22.7. The molecule has 0 bridgehead atoms. The van der Waals surface area contributed by atoms with Gasteiger partial charge in [-0.15, -0.1) is 5.10 Å². The molecule has 6 nitrogen and oxygen atoms in total. The lowest BCUT2D eigenvalue weighted by atomic mass is 9.77. The molecule has 100 valence electrons. The van der Waals surface area contributed by atoms with Gasteiger partial charge in [0.05, 0.1) is 6.20 Å². The molecule has 6 heteroatoms. The van der Waals surface area contributed by atoms with Gasteiger partial charge in [0.15, 0.2) is 5.69 Å². The summed E-state index contributed by atoms with van der Waals surface area (Å²) in [4.78, 5) is 11.9. The van der Waals surface area contributed by atoms with Crippen LogP contribution in [-0.2, 0) is 7.05 Å². The van der Waals surface area contributed by atoms with Gasteiger partial charge in [-0.3, -0.25) is 9.48 Å². The molecule has 1 fully saturated rings. The van der Waals surface area contributed by atoms with Crippen LogP contribution in [0, 0.1) is 5.41 Å². The first-order chi connectivity index (χ1) is 8.49. The molecule has 0 spiro atoms. The Hall–Kier alpha value is -1.43. The van der Waals surface area contributed by atoms with Crippen molar-refractivity contribution in [2.45, 2.75) is 32.7 Å². The van der Waals surface area contributed by atoms with Crippen LogP contribution in [0.25, 0.3) is 0 Å². The van der Waals surface area contributed by atoms with Crippen molar-refractivity contribution >= 4 is 5.91 Å². The predicted octanol–water partition coefficient (Wildman–Crippen LogP) is 0.323. The fraction of sp³-hybridized carbons (Fsp3) is 0.750. The van der Waals surface area contributed by atoms with Crippen molar-refractivity contribution in [3.8, 4) is 0 Å². The largest absolute Gasteiger partial charge is 0.349 e. The van der Waals surface area contributed by atoms with E-state index in [2.05, 4.69) is 34.8 Å². The van der Waals surface area contributed by atoms with Crippen molar-refractivity contribution in [2.24, 2.45) is 12.5 Å². The summed E-state index contributed by atoms with van der Waals surface area (Å²) in [5.74, 6) is -0.161. The summed E-state index contributed by atoms with van der Waals surface area (Å²) in [6, 6.07) is 0.312. The van der Waals surface area contributed by atoms with Gasteiger partial charge in [0, 0.05) is 19.6 Å². The number of rotatable bonds is 3. The van der Waals surface area contributed by atoms with Gasteiger partial charge in [0.1, 0.15) is 0 Å². The molecule has 1 aliphatic heterocycles. The van der Waals surface area contributed by atoms with E-state index in [1.165, 1.54) is 17.5 Å². The van der Waals surface area contributed by atoms with Gasteiger partial charge in [-0.1, -0.05) is 19.1 Å². The Labute approximate surface area is 107 Å². The van der Waals surface area contributed by atoms with Crippen LogP contribution in [0.3, 0.4) is 0 Å². The van der Waals surface area contributed by atoms with Crippen LogP contribution in [0.5, 0.6) is 0 Å². The number of piperidine rings is 1. The molecule has 1 aliphatic rings. The van der Waals surface area contributed by atoms with E-state index in [4.69, 9.17) is 0 Å². The quantitative estimate of drug-likeness (QED) is 0.811. The number of hydrogen-bond acceptors (Lipinski definition) is 4. The molecule has 1 atom stereocenters. The highest BCUT2D eigenvalue weighted by atomic mass is 16.2. The Morgan fingerprint density at radius 1 is 1.67 bits per heavy atom. The summed E-state index contributed by atoms with van der Waals surface area (Å²) in [7, 11) is 1.75. The first kappa shape index (κ1) is 13.0. The topological polar surface area (TPSA) is 71.8 Å². The summed E-state index contributed by atoms with van der Waals surface area (Å²) in [6.45, 7) is 6.12. The van der Waals surface area contributed by atoms with E-state index in [9.17, 15) is 4.79 Å². The molecular formula is C12H21N5O. The molecule has 1 aromatic rings. The highest BCUT2D eigenvalue weighted by Gasteiger charge is 2.32. The maximum atomic E-state index is 11.9. The zero-order valence-electron chi connectivity index (χ0n) is 11.2. The molecule has 0 saturated carbocycles. The van der Waals surface area contributed by atoms with Crippen LogP contribution >= 0.6 is 0 Å². The second-order valence-corrected chi connectivity index (χ2v) is 5.59. The minimum absolute atomic E-state index is 0.161. The van der Waals surface area contributed by atoms with Crippen molar-refractivity contribution in [3.63, 3.8) is 0 Å². The van der Waals surface area contributed by atoms with E-state index >= 15 is 0 Å². The van der Waals surface area contributed by atoms with Crippen molar-refractivity contribution in [2.75, 3.05) is 13.1 Å². The maximum Gasteiger partial charge on any atom is 0.273 e. The van der Waals surface area contributed by atoms with Gasteiger partial charge in [0.2, 0.25) is 0 Å². The second-order valence-electron chi connectivity index (χ2n) is 5.59. The molecule has 1 amide bonds. The third kappa shape index (κ3) is 2.87. The van der Waals surface area contributed by atoms with E-state index in [0.29, 0.717) is 18.3 Å². The van der Waals surface area contributed by atoms with Gasteiger partial charge >= 0.3 is 0 Å². The fourth-order valence-corrected chi connectivity index (χ4v) is 2.36. The minimum Gasteiger partial charge on any atom is -0.349 e. The van der Waals surface area contributed by atoms with Gasteiger partial charge in [-0.05, 0) is 24.8 Å². The Morgan fingerprint density at radius 3 is 3.06 bits per heavy atom. The number of hydrogen-bond donors (Lipinski definition) is 2. The number of aryl methyl sites for hydroxylation is 1. The molecule has 1 unspecified atom stereocenters. The lowest BCUT2D eigenvalue weighted by Crippen LogP contribution is -2.52. The van der Waals surface area contributed by atoms with E-state index in [-0.39, 0.29) is 11.3 Å². The first-order valence-corrected chi connectivity index (χ1v) is 6.37. The zero-order valence-corrected chi connectivity index (χ0v) is 11.2. The SMILES string of the molecule is Cn1cc(C(=O)NCC2NCCCC2(C)C)nn1. The third-order valence-corrected chi connectivity index (χ3v) is 3.63. The Bertz CT molecular complexity index is 426. The van der Waals surface area contributed by atoms with E-state index in [1.807, 2.05) is 0 Å². The van der Waals surface area contributed by atoms with Crippen molar-refractivity contribution in [3.05, 3.63) is 11.9 Å². The van der Waals surface area contributed by atoms with Crippen LogP contribution in [0.4, 0.5) is 0 Å². The average molecular weight is 251 g/mol. The number of carbonyl (C=O) groups excluding carboxylic acids is 1. The number of aromatic nitrogens is 3. The fourth-order valence-electron chi connectivity index (χ4n) is 2.36. The van der Waals surface area contributed by atoms with Gasteiger partial charge in [0.25, 0.3) is 5.91 Å². The summed E-state index contributed by atoms with van der Waals surface area (Å²) < 4.78 is 1.53. The van der Waals surface area contributed by atoms with Crippen LogP contribution in [0.1, 0.15) is 37.2 Å². The van der Waals surface area contributed by atoms with E-state index < -0.39 is 0 Å². The van der Waals surface area contributed by atoms with Crippen LogP contribution < -0.4 is 10.6 Å². The summed E-state index contributed by atoms with van der Waals surface area (Å²) in [6.07, 6.45) is 4.00. The Morgan fingerprint density at radius 2 is 2.44 bits per heavy atom. The van der Waals surface area contributed by atoms with Crippen LogP contribution in [0.15, 0.2) is 6.20 Å². The monoisotopic (exact) mass is 251 g/mol. The molecule has 2 heterocycles. The van der Waals surface area contributed by atoms with Gasteiger partial charge < -0.3 is 10.6 Å². The molecule has 1 aromatic heterocycles. The number of amides is 1.